The molecule has 106 valence electrons. The lowest BCUT2D eigenvalue weighted by Crippen LogP contribution is -2.39. The van der Waals surface area contributed by atoms with E-state index in [1.54, 1.807) is 0 Å². The van der Waals surface area contributed by atoms with Crippen LogP contribution in [-0.4, -0.2) is 78.6 Å². The third-order valence-corrected chi connectivity index (χ3v) is 2.76. The molecule has 2 N–H and O–H groups in total. The minimum atomic E-state index is -0.752. The van der Waals surface area contributed by atoms with Crippen LogP contribution in [0.4, 0.5) is 0 Å². The molecular weight excluding hydrogens is 270 g/mol. The number of carboxylic acids is 1. The third kappa shape index (κ3) is 10.8. The van der Waals surface area contributed by atoms with Crippen molar-refractivity contribution >= 4 is 35.1 Å². The molecule has 0 saturated carbocycles. The van der Waals surface area contributed by atoms with Crippen LogP contribution in [-0.2, 0) is 4.79 Å². The fraction of sp³-hybridized carbons (Fsp3) is 0.818. The van der Waals surface area contributed by atoms with E-state index in [4.69, 9.17) is 17.3 Å². The predicted molar refractivity (Wildman–Crippen MR) is 81.2 cm³/mol. The van der Waals surface area contributed by atoms with E-state index < -0.39 is 5.97 Å². The fourth-order valence-corrected chi connectivity index (χ4v) is 1.83. The van der Waals surface area contributed by atoms with Crippen molar-refractivity contribution in [1.29, 1.82) is 0 Å². The smallest absolute Gasteiger partial charge is 0.359 e. The van der Waals surface area contributed by atoms with Gasteiger partial charge < -0.3 is 19.8 Å². The van der Waals surface area contributed by atoms with Crippen molar-refractivity contribution in [2.24, 2.45) is 0 Å². The summed E-state index contributed by atoms with van der Waals surface area (Å²) in [5.74, 6) is -0.752. The van der Waals surface area contributed by atoms with Gasteiger partial charge in [-0.2, -0.15) is 0 Å². The van der Waals surface area contributed by atoms with E-state index in [0.717, 1.165) is 30.5 Å². The Morgan fingerprint density at radius 2 is 2.00 bits per heavy atom. The molecule has 1 fully saturated rings. The summed E-state index contributed by atoms with van der Waals surface area (Å²) < 4.78 is 1.21. The first-order valence-electron chi connectivity index (χ1n) is 5.93. The molecule has 0 aromatic carbocycles. The molecule has 0 aliphatic carbocycles. The molecule has 1 aliphatic heterocycles. The van der Waals surface area contributed by atoms with Crippen molar-refractivity contribution in [2.75, 3.05) is 53.9 Å². The first-order valence-corrected chi connectivity index (χ1v) is 6.79. The third-order valence-electron chi connectivity index (χ3n) is 2.22. The second-order valence-corrected chi connectivity index (χ2v) is 6.33. The van der Waals surface area contributed by atoms with Crippen molar-refractivity contribution in [3.8, 4) is 0 Å². The molecule has 1 saturated heterocycles. The van der Waals surface area contributed by atoms with Crippen molar-refractivity contribution in [1.82, 2.24) is 10.2 Å². The Balaban J connectivity index is 0.000000331. The first-order chi connectivity index (χ1) is 8.22. The zero-order valence-corrected chi connectivity index (χ0v) is 13.1. The Morgan fingerprint density at radius 3 is 2.39 bits per heavy atom. The lowest BCUT2D eigenvalue weighted by Gasteiger charge is -2.20. The normalized spacial score (nSPS) is 16.3. The van der Waals surface area contributed by atoms with Crippen molar-refractivity contribution in [3.05, 3.63) is 0 Å². The second kappa shape index (κ2) is 8.68. The fourth-order valence-electron chi connectivity index (χ4n) is 1.44. The number of rotatable bonds is 2. The highest BCUT2D eigenvalue weighted by atomic mass is 32.1. The molecule has 1 heterocycles. The monoisotopic (exact) mass is 294 g/mol. The van der Waals surface area contributed by atoms with Gasteiger partial charge in [0.15, 0.2) is 6.54 Å². The first kappa shape index (κ1) is 17.6. The summed E-state index contributed by atoms with van der Waals surface area (Å²) in [7, 11) is 5.52. The Bertz CT molecular complexity index is 272. The number of thiol groups is 1. The van der Waals surface area contributed by atoms with E-state index >= 15 is 0 Å². The van der Waals surface area contributed by atoms with Crippen molar-refractivity contribution in [2.45, 2.75) is 6.42 Å². The Morgan fingerprint density at radius 1 is 1.39 bits per heavy atom. The highest BCUT2D eigenvalue weighted by molar-refractivity contribution is 8.10. The average molecular weight is 294 g/mol. The van der Waals surface area contributed by atoms with Crippen LogP contribution >= 0.6 is 24.8 Å². The maximum atomic E-state index is 10.00. The van der Waals surface area contributed by atoms with Crippen LogP contribution in [0.1, 0.15) is 6.42 Å². The Kier molecular flexibility index (Phi) is 8.51. The molecule has 0 spiro atoms. The molecule has 0 aromatic heterocycles. The summed E-state index contributed by atoms with van der Waals surface area (Å²) in [6.07, 6.45) is 1.17. The van der Waals surface area contributed by atoms with Gasteiger partial charge in [0, 0.05) is 19.6 Å². The molecule has 0 amide bonds. The minimum Gasteiger partial charge on any atom is -0.477 e. The van der Waals surface area contributed by atoms with Crippen LogP contribution in [0.15, 0.2) is 0 Å². The summed E-state index contributed by atoms with van der Waals surface area (Å²) in [5.41, 5.74) is 0. The Labute approximate surface area is 120 Å². The molecule has 1 aliphatic rings. The molecule has 5 nitrogen and oxygen atoms in total. The van der Waals surface area contributed by atoms with Gasteiger partial charge in [-0.1, -0.05) is 12.2 Å². The van der Waals surface area contributed by atoms with Crippen LogP contribution in [0.5, 0.6) is 0 Å². The highest BCUT2D eigenvalue weighted by Crippen LogP contribution is 1.99. The van der Waals surface area contributed by atoms with Crippen LogP contribution in [0.3, 0.4) is 0 Å². The maximum Gasteiger partial charge on any atom is 0.359 e. The van der Waals surface area contributed by atoms with Gasteiger partial charge in [-0.15, -0.1) is 12.6 Å². The van der Waals surface area contributed by atoms with E-state index in [1.807, 2.05) is 21.1 Å². The van der Waals surface area contributed by atoms with E-state index in [-0.39, 0.29) is 6.54 Å². The van der Waals surface area contributed by atoms with Gasteiger partial charge in [0.05, 0.1) is 21.1 Å². The zero-order chi connectivity index (χ0) is 14.2. The quantitative estimate of drug-likeness (QED) is 0.388. The number of nitrogens with one attached hydrogen (secondary N) is 1. The number of thiocarbonyl (C=S) groups is 1. The molecule has 18 heavy (non-hydrogen) atoms. The van der Waals surface area contributed by atoms with Gasteiger partial charge in [-0.25, -0.2) is 4.79 Å². The highest BCUT2D eigenvalue weighted by Gasteiger charge is 2.11. The number of hydrogen-bond donors (Lipinski definition) is 3. The van der Waals surface area contributed by atoms with Gasteiger partial charge >= 0.3 is 5.97 Å². The number of nitrogens with zero attached hydrogens (tertiary/aromatic N) is 2. The van der Waals surface area contributed by atoms with E-state index in [1.165, 1.54) is 6.42 Å². The molecule has 0 aromatic rings. The van der Waals surface area contributed by atoms with Gasteiger partial charge in [-0.3, -0.25) is 0 Å². The van der Waals surface area contributed by atoms with Gasteiger partial charge in [0.2, 0.25) is 0 Å². The molecule has 0 unspecified atom stereocenters. The SMILES string of the molecule is C[N+](C)(C)CC(=O)O.S=C(S)N1CCCNCC1. The van der Waals surface area contributed by atoms with Crippen molar-refractivity contribution < 1.29 is 14.4 Å². The lowest BCUT2D eigenvalue weighted by atomic mass is 10.4. The number of carboxylic acid groups (broad SMARTS) is 1. The molecule has 7 heteroatoms. The maximum absolute atomic E-state index is 10.00. The summed E-state index contributed by atoms with van der Waals surface area (Å²) in [6, 6.07) is 0. The topological polar surface area (TPSA) is 52.6 Å². The average Bonchev–Trinajstić information content (AvgIpc) is 2.41. The van der Waals surface area contributed by atoms with Crippen molar-refractivity contribution in [3.63, 3.8) is 0 Å². The molecule has 1 rings (SSSR count). The number of carbonyl (C=O) groups is 1. The summed E-state index contributed by atoms with van der Waals surface area (Å²) in [4.78, 5) is 12.1. The largest absolute Gasteiger partial charge is 0.477 e. The standard InChI is InChI=1S/C6H12N2S2.C5H11NO2/c9-6(10)8-4-1-2-7-3-5-8;1-6(2,3)4-5(7)8/h7H,1-5H2,(H,9,10);4H2,1-3H3/p+1. The van der Waals surface area contributed by atoms with E-state index in [2.05, 4.69) is 22.8 Å². The zero-order valence-electron chi connectivity index (χ0n) is 11.3. The second-order valence-electron chi connectivity index (χ2n) is 5.22. The van der Waals surface area contributed by atoms with Gasteiger partial charge in [-0.05, 0) is 13.0 Å². The minimum absolute atomic E-state index is 0.181. The number of quaternary nitrogens is 1. The summed E-state index contributed by atoms with van der Waals surface area (Å²) >= 11 is 9.06. The Hall–Kier alpha value is -0.370. The van der Waals surface area contributed by atoms with E-state index in [9.17, 15) is 4.79 Å². The molecular formula is C11H24N3O2S2+. The van der Waals surface area contributed by atoms with Crippen LogP contribution in [0, 0.1) is 0 Å². The molecule has 0 radical (unpaired) electrons. The molecule has 0 bridgehead atoms. The number of aliphatic carboxylic acids is 1. The summed E-state index contributed by atoms with van der Waals surface area (Å²) in [6.45, 7) is 4.37. The van der Waals surface area contributed by atoms with Crippen LogP contribution < -0.4 is 5.32 Å². The van der Waals surface area contributed by atoms with E-state index in [0.29, 0.717) is 4.48 Å². The van der Waals surface area contributed by atoms with Gasteiger partial charge in [0.25, 0.3) is 0 Å². The number of hydrogen-bond acceptors (Lipinski definition) is 3. The van der Waals surface area contributed by atoms with Crippen LogP contribution in [0.25, 0.3) is 0 Å². The van der Waals surface area contributed by atoms with Crippen LogP contribution in [0.2, 0.25) is 0 Å². The lowest BCUT2D eigenvalue weighted by molar-refractivity contribution is -0.862. The number of likely N-dealkylation sites (N-methyl/N-ethyl adjacent to an activating group) is 1. The molecule has 0 atom stereocenters. The predicted octanol–water partition coefficient (Wildman–Crippen LogP) is 0.274. The summed E-state index contributed by atoms with van der Waals surface area (Å²) in [5, 5.41) is 11.5. The van der Waals surface area contributed by atoms with Gasteiger partial charge in [0.1, 0.15) is 4.32 Å².